The van der Waals surface area contributed by atoms with E-state index in [0.29, 0.717) is 6.04 Å². The number of hydrogen-bond acceptors (Lipinski definition) is 3. The van der Waals surface area contributed by atoms with Crippen LogP contribution in [0.4, 0.5) is 0 Å². The average molecular weight is 262 g/mol. The van der Waals surface area contributed by atoms with Crippen molar-refractivity contribution in [1.82, 2.24) is 9.80 Å². The normalized spacial score (nSPS) is 24.4. The first-order valence-electron chi connectivity index (χ1n) is 7.23. The summed E-state index contributed by atoms with van der Waals surface area (Å²) in [5.41, 5.74) is 1.02. The summed E-state index contributed by atoms with van der Waals surface area (Å²) < 4.78 is 0. The number of aliphatic hydroxyl groups is 1. The number of rotatable bonds is 4. The predicted molar refractivity (Wildman–Crippen MR) is 79.1 cm³/mol. The van der Waals surface area contributed by atoms with Crippen LogP contribution >= 0.6 is 0 Å². The first-order valence-corrected chi connectivity index (χ1v) is 7.23. The molecule has 1 saturated heterocycles. The molecular formula is C16H26N2O. The van der Waals surface area contributed by atoms with Gasteiger partial charge in [-0.1, -0.05) is 30.3 Å². The Kier molecular flexibility index (Phi) is 4.97. The van der Waals surface area contributed by atoms with Gasteiger partial charge in [0.1, 0.15) is 0 Å². The van der Waals surface area contributed by atoms with E-state index in [1.54, 1.807) is 0 Å². The molecule has 1 aliphatic heterocycles. The fourth-order valence-corrected chi connectivity index (χ4v) is 2.90. The smallest absolute Gasteiger partial charge is 0.0942 e. The topological polar surface area (TPSA) is 26.7 Å². The summed E-state index contributed by atoms with van der Waals surface area (Å²) in [6, 6.07) is 10.8. The third-order valence-corrected chi connectivity index (χ3v) is 4.33. The SMILES string of the molecule is CC(C(O)c1ccccc1)N1CCCC(N(C)C)C1. The molecule has 2 rings (SSSR count). The van der Waals surface area contributed by atoms with E-state index in [1.807, 2.05) is 30.3 Å². The van der Waals surface area contributed by atoms with Crippen molar-refractivity contribution in [3.8, 4) is 0 Å². The fraction of sp³-hybridized carbons (Fsp3) is 0.625. The molecule has 0 aromatic heterocycles. The molecule has 3 atom stereocenters. The average Bonchev–Trinajstić information content (AvgIpc) is 2.46. The summed E-state index contributed by atoms with van der Waals surface area (Å²) >= 11 is 0. The van der Waals surface area contributed by atoms with Gasteiger partial charge >= 0.3 is 0 Å². The van der Waals surface area contributed by atoms with Gasteiger partial charge in [-0.2, -0.15) is 0 Å². The summed E-state index contributed by atoms with van der Waals surface area (Å²) in [6.45, 7) is 4.28. The fourth-order valence-electron chi connectivity index (χ4n) is 2.90. The van der Waals surface area contributed by atoms with Crippen LogP contribution in [-0.4, -0.2) is 54.2 Å². The first kappa shape index (κ1) is 14.5. The number of likely N-dealkylation sites (N-methyl/N-ethyl adjacent to an activating group) is 1. The Hall–Kier alpha value is -0.900. The molecule has 0 aliphatic carbocycles. The van der Waals surface area contributed by atoms with Crippen LogP contribution in [0.25, 0.3) is 0 Å². The second-order valence-electron chi connectivity index (χ2n) is 5.85. The van der Waals surface area contributed by atoms with E-state index in [-0.39, 0.29) is 6.04 Å². The van der Waals surface area contributed by atoms with Crippen LogP contribution in [0.3, 0.4) is 0 Å². The lowest BCUT2D eigenvalue weighted by Crippen LogP contribution is -2.49. The van der Waals surface area contributed by atoms with Gasteiger partial charge in [-0.05, 0) is 46.0 Å². The molecule has 3 unspecified atom stereocenters. The number of nitrogens with zero attached hydrogens (tertiary/aromatic N) is 2. The van der Waals surface area contributed by atoms with Crippen LogP contribution < -0.4 is 0 Å². The minimum atomic E-state index is -0.401. The summed E-state index contributed by atoms with van der Waals surface area (Å²) in [5, 5.41) is 10.5. The van der Waals surface area contributed by atoms with Crippen molar-refractivity contribution in [3.63, 3.8) is 0 Å². The van der Waals surface area contributed by atoms with Gasteiger partial charge in [0.25, 0.3) is 0 Å². The Morgan fingerprint density at radius 1 is 1.26 bits per heavy atom. The van der Waals surface area contributed by atoms with E-state index < -0.39 is 6.10 Å². The minimum Gasteiger partial charge on any atom is -0.387 e. The van der Waals surface area contributed by atoms with Gasteiger partial charge in [-0.25, -0.2) is 0 Å². The summed E-state index contributed by atoms with van der Waals surface area (Å²) in [5.74, 6) is 0. The molecular weight excluding hydrogens is 236 g/mol. The summed E-state index contributed by atoms with van der Waals surface area (Å²) in [7, 11) is 4.29. The van der Waals surface area contributed by atoms with E-state index in [9.17, 15) is 5.11 Å². The van der Waals surface area contributed by atoms with Crippen molar-refractivity contribution >= 4 is 0 Å². The zero-order chi connectivity index (χ0) is 13.8. The van der Waals surface area contributed by atoms with Crippen molar-refractivity contribution in [2.45, 2.75) is 38.0 Å². The number of likely N-dealkylation sites (tertiary alicyclic amines) is 1. The number of benzene rings is 1. The second kappa shape index (κ2) is 6.51. The van der Waals surface area contributed by atoms with Crippen molar-refractivity contribution in [1.29, 1.82) is 0 Å². The van der Waals surface area contributed by atoms with Crippen molar-refractivity contribution in [2.75, 3.05) is 27.2 Å². The lowest BCUT2D eigenvalue weighted by molar-refractivity contribution is 0.0253. The Labute approximate surface area is 116 Å². The van der Waals surface area contributed by atoms with E-state index in [2.05, 4.69) is 30.8 Å². The van der Waals surface area contributed by atoms with Crippen LogP contribution in [0.5, 0.6) is 0 Å². The standard InChI is InChI=1S/C16H26N2O/c1-13(16(19)14-8-5-4-6-9-14)18-11-7-10-15(12-18)17(2)3/h4-6,8-9,13,15-16,19H,7,10-12H2,1-3H3. The maximum Gasteiger partial charge on any atom is 0.0942 e. The summed E-state index contributed by atoms with van der Waals surface area (Å²) in [4.78, 5) is 4.72. The quantitative estimate of drug-likeness (QED) is 0.900. The number of piperidine rings is 1. The van der Waals surface area contributed by atoms with Gasteiger partial charge in [-0.15, -0.1) is 0 Å². The molecule has 19 heavy (non-hydrogen) atoms. The maximum absolute atomic E-state index is 10.5. The van der Waals surface area contributed by atoms with Gasteiger partial charge in [0.2, 0.25) is 0 Å². The lowest BCUT2D eigenvalue weighted by Gasteiger charge is -2.40. The van der Waals surface area contributed by atoms with Crippen LogP contribution in [0.15, 0.2) is 30.3 Å². The molecule has 1 fully saturated rings. The van der Waals surface area contributed by atoms with E-state index >= 15 is 0 Å². The third-order valence-electron chi connectivity index (χ3n) is 4.33. The van der Waals surface area contributed by atoms with Crippen molar-refractivity contribution in [2.24, 2.45) is 0 Å². The highest BCUT2D eigenvalue weighted by Crippen LogP contribution is 2.24. The van der Waals surface area contributed by atoms with Gasteiger partial charge in [0.05, 0.1) is 6.10 Å². The molecule has 3 heteroatoms. The molecule has 0 radical (unpaired) electrons. The van der Waals surface area contributed by atoms with Gasteiger partial charge in [-0.3, -0.25) is 4.90 Å². The third kappa shape index (κ3) is 3.56. The molecule has 1 aromatic rings. The van der Waals surface area contributed by atoms with Crippen LogP contribution in [0.1, 0.15) is 31.4 Å². The Morgan fingerprint density at radius 2 is 1.95 bits per heavy atom. The van der Waals surface area contributed by atoms with Gasteiger partial charge < -0.3 is 10.0 Å². The molecule has 1 aromatic carbocycles. The van der Waals surface area contributed by atoms with Crippen molar-refractivity contribution < 1.29 is 5.11 Å². The molecule has 1 N–H and O–H groups in total. The van der Waals surface area contributed by atoms with E-state index in [0.717, 1.165) is 18.7 Å². The zero-order valence-electron chi connectivity index (χ0n) is 12.3. The Balaban J connectivity index is 2.01. The number of aliphatic hydroxyl groups excluding tert-OH is 1. The maximum atomic E-state index is 10.5. The molecule has 1 aliphatic rings. The van der Waals surface area contributed by atoms with Crippen molar-refractivity contribution in [3.05, 3.63) is 35.9 Å². The predicted octanol–water partition coefficient (Wildman–Crippen LogP) is 2.13. The summed E-state index contributed by atoms with van der Waals surface area (Å²) in [6.07, 6.45) is 2.08. The largest absolute Gasteiger partial charge is 0.387 e. The zero-order valence-corrected chi connectivity index (χ0v) is 12.3. The minimum absolute atomic E-state index is 0.171. The highest BCUT2D eigenvalue weighted by molar-refractivity contribution is 5.18. The van der Waals surface area contributed by atoms with Gasteiger partial charge in [0.15, 0.2) is 0 Å². The van der Waals surface area contributed by atoms with Crippen LogP contribution in [0.2, 0.25) is 0 Å². The molecule has 1 heterocycles. The molecule has 3 nitrogen and oxygen atoms in total. The monoisotopic (exact) mass is 262 g/mol. The van der Waals surface area contributed by atoms with E-state index in [1.165, 1.54) is 12.8 Å². The Bertz CT molecular complexity index is 380. The molecule has 106 valence electrons. The van der Waals surface area contributed by atoms with E-state index in [4.69, 9.17) is 0 Å². The molecule has 0 amide bonds. The van der Waals surface area contributed by atoms with Crippen LogP contribution in [-0.2, 0) is 0 Å². The first-order chi connectivity index (χ1) is 9.09. The molecule has 0 spiro atoms. The molecule has 0 bridgehead atoms. The Morgan fingerprint density at radius 3 is 2.58 bits per heavy atom. The second-order valence-corrected chi connectivity index (χ2v) is 5.85. The van der Waals surface area contributed by atoms with Crippen LogP contribution in [0, 0.1) is 0 Å². The number of hydrogen-bond donors (Lipinski definition) is 1. The van der Waals surface area contributed by atoms with Gasteiger partial charge in [0, 0.05) is 18.6 Å². The highest BCUT2D eigenvalue weighted by Gasteiger charge is 2.28. The molecule has 0 saturated carbocycles. The highest BCUT2D eigenvalue weighted by atomic mass is 16.3. The lowest BCUT2D eigenvalue weighted by atomic mass is 9.98.